The summed E-state index contributed by atoms with van der Waals surface area (Å²) in [4.78, 5) is 22.2. The summed E-state index contributed by atoms with van der Waals surface area (Å²) in [6.07, 6.45) is 3.96. The van der Waals surface area contributed by atoms with Gasteiger partial charge in [-0.05, 0) is 58.0 Å². The molecule has 4 aromatic rings. The van der Waals surface area contributed by atoms with Crippen molar-refractivity contribution in [2.24, 2.45) is 0 Å². The summed E-state index contributed by atoms with van der Waals surface area (Å²) >= 11 is 0. The second-order valence-corrected chi connectivity index (χ2v) is 10.2. The smallest absolute Gasteiger partial charge is 0.229 e. The number of nitrogens with one attached hydrogen (secondary N) is 1. The van der Waals surface area contributed by atoms with Crippen molar-refractivity contribution in [2.75, 3.05) is 38.5 Å². The number of hydrogen-bond donors (Lipinski definition) is 1. The summed E-state index contributed by atoms with van der Waals surface area (Å²) in [5, 5.41) is 3.06. The van der Waals surface area contributed by atoms with Gasteiger partial charge in [0.25, 0.3) is 0 Å². The number of pyridine rings is 1. The first-order chi connectivity index (χ1) is 18.2. The molecule has 38 heavy (non-hydrogen) atoms. The Bertz CT molecular complexity index is 1430. The first-order valence-corrected chi connectivity index (χ1v) is 13.1. The monoisotopic (exact) mass is 520 g/mol. The topological polar surface area (TPSA) is 75.0 Å². The van der Waals surface area contributed by atoms with E-state index < -0.39 is 11.6 Å². The minimum absolute atomic E-state index is 0.00944. The fraction of sp³-hybridized carbons (Fsp3) is 0.429. The van der Waals surface area contributed by atoms with E-state index in [4.69, 9.17) is 0 Å². The van der Waals surface area contributed by atoms with Crippen LogP contribution in [0.15, 0.2) is 36.7 Å². The number of imidazole rings is 1. The highest BCUT2D eigenvalue weighted by molar-refractivity contribution is 5.83. The van der Waals surface area contributed by atoms with Crippen LogP contribution in [0.2, 0.25) is 0 Å². The number of hydrogen-bond acceptors (Lipinski definition) is 7. The summed E-state index contributed by atoms with van der Waals surface area (Å²) < 4.78 is 31.8. The lowest BCUT2D eigenvalue weighted by atomic mass is 10.0. The maximum atomic E-state index is 15.0. The lowest BCUT2D eigenvalue weighted by molar-refractivity contribution is 0.109. The molecule has 10 heteroatoms. The highest BCUT2D eigenvalue weighted by Crippen LogP contribution is 2.31. The molecule has 0 radical (unpaired) electrons. The summed E-state index contributed by atoms with van der Waals surface area (Å²) in [6.45, 7) is 12.2. The Kier molecular flexibility index (Phi) is 7.36. The van der Waals surface area contributed by atoms with E-state index in [-0.39, 0.29) is 23.2 Å². The first-order valence-electron chi connectivity index (χ1n) is 13.1. The number of aryl methyl sites for hydroxylation is 1. The van der Waals surface area contributed by atoms with Crippen LogP contribution in [-0.4, -0.2) is 67.5 Å². The number of halogens is 2. The molecule has 0 spiro atoms. The normalized spacial score (nSPS) is 15.9. The second-order valence-electron chi connectivity index (χ2n) is 10.2. The van der Waals surface area contributed by atoms with Crippen LogP contribution in [0.5, 0.6) is 0 Å². The molecule has 4 heterocycles. The van der Waals surface area contributed by atoms with Crippen LogP contribution in [0.4, 0.5) is 20.5 Å². The number of aromatic nitrogens is 5. The molecule has 0 unspecified atom stereocenters. The zero-order valence-corrected chi connectivity index (χ0v) is 22.5. The van der Waals surface area contributed by atoms with Gasteiger partial charge in [-0.25, -0.2) is 28.7 Å². The van der Waals surface area contributed by atoms with Gasteiger partial charge in [-0.15, -0.1) is 0 Å². The SMILES string of the molecule is CC[C@@H](c1ccc(Nc2ncc(F)c(-c3cc(F)c4nc(C)n(C(C)C)c4c3)n2)nc1)N1CCN(C)CC1. The molecule has 0 aliphatic carbocycles. The lowest BCUT2D eigenvalue weighted by Crippen LogP contribution is -2.45. The number of likely N-dealkylation sites (N-methyl/N-ethyl adjacent to an activating group) is 1. The molecule has 200 valence electrons. The molecule has 5 rings (SSSR count). The van der Waals surface area contributed by atoms with Crippen molar-refractivity contribution in [3.05, 3.63) is 59.7 Å². The van der Waals surface area contributed by atoms with Gasteiger partial charge in [-0.2, -0.15) is 0 Å². The lowest BCUT2D eigenvalue weighted by Gasteiger charge is -2.37. The van der Waals surface area contributed by atoms with Gasteiger partial charge in [-0.3, -0.25) is 4.90 Å². The van der Waals surface area contributed by atoms with E-state index in [1.54, 1.807) is 6.07 Å². The molecule has 0 bridgehead atoms. The molecular weight excluding hydrogens is 486 g/mol. The molecule has 3 aromatic heterocycles. The second kappa shape index (κ2) is 10.7. The predicted octanol–water partition coefficient (Wildman–Crippen LogP) is 5.50. The number of nitrogens with zero attached hydrogens (tertiary/aromatic N) is 7. The Morgan fingerprint density at radius 1 is 0.974 bits per heavy atom. The number of benzene rings is 1. The number of piperazine rings is 1. The molecule has 1 aliphatic heterocycles. The number of rotatable bonds is 7. The quantitative estimate of drug-likeness (QED) is 0.345. The minimum Gasteiger partial charge on any atom is -0.326 e. The van der Waals surface area contributed by atoms with Crippen molar-refractivity contribution in [1.29, 1.82) is 0 Å². The number of anilines is 2. The van der Waals surface area contributed by atoms with E-state index in [1.165, 1.54) is 6.07 Å². The molecule has 8 nitrogen and oxygen atoms in total. The Hall–Kier alpha value is -3.50. The zero-order chi connectivity index (χ0) is 27.0. The third-order valence-corrected chi connectivity index (χ3v) is 7.24. The van der Waals surface area contributed by atoms with Gasteiger partial charge in [0, 0.05) is 50.0 Å². The van der Waals surface area contributed by atoms with E-state index in [2.05, 4.69) is 55.1 Å². The van der Waals surface area contributed by atoms with Gasteiger partial charge in [0.2, 0.25) is 5.95 Å². The largest absolute Gasteiger partial charge is 0.326 e. The van der Waals surface area contributed by atoms with E-state index in [0.717, 1.165) is 44.4 Å². The van der Waals surface area contributed by atoms with Crippen LogP contribution in [0.3, 0.4) is 0 Å². The van der Waals surface area contributed by atoms with Crippen molar-refractivity contribution in [3.63, 3.8) is 0 Å². The van der Waals surface area contributed by atoms with Crippen LogP contribution in [-0.2, 0) is 0 Å². The van der Waals surface area contributed by atoms with E-state index >= 15 is 0 Å². The van der Waals surface area contributed by atoms with E-state index in [9.17, 15) is 8.78 Å². The molecule has 1 aliphatic rings. The maximum absolute atomic E-state index is 15.0. The Balaban J connectivity index is 1.40. The third kappa shape index (κ3) is 5.10. The predicted molar refractivity (Wildman–Crippen MR) is 145 cm³/mol. The van der Waals surface area contributed by atoms with Crippen LogP contribution in [0, 0.1) is 18.6 Å². The Morgan fingerprint density at radius 3 is 2.39 bits per heavy atom. The fourth-order valence-corrected chi connectivity index (χ4v) is 5.32. The van der Waals surface area contributed by atoms with Crippen molar-refractivity contribution < 1.29 is 8.78 Å². The van der Waals surface area contributed by atoms with Crippen LogP contribution in [0.25, 0.3) is 22.3 Å². The van der Waals surface area contributed by atoms with Crippen LogP contribution >= 0.6 is 0 Å². The maximum Gasteiger partial charge on any atom is 0.229 e. The molecule has 1 saturated heterocycles. The Labute approximate surface area is 221 Å². The number of fused-ring (bicyclic) bond motifs is 1. The molecule has 1 atom stereocenters. The summed E-state index contributed by atoms with van der Waals surface area (Å²) in [6, 6.07) is 7.32. The molecule has 1 N–H and O–H groups in total. The fourth-order valence-electron chi connectivity index (χ4n) is 5.32. The Morgan fingerprint density at radius 2 is 1.74 bits per heavy atom. The molecule has 1 aromatic carbocycles. The van der Waals surface area contributed by atoms with Crippen LogP contribution in [0.1, 0.15) is 50.7 Å². The zero-order valence-electron chi connectivity index (χ0n) is 22.5. The molecule has 0 saturated carbocycles. The molecule has 1 fully saturated rings. The summed E-state index contributed by atoms with van der Waals surface area (Å²) in [5.41, 5.74) is 2.35. The summed E-state index contributed by atoms with van der Waals surface area (Å²) in [5.74, 6) is 0.277. The average molecular weight is 521 g/mol. The van der Waals surface area contributed by atoms with E-state index in [0.29, 0.717) is 28.8 Å². The standard InChI is InChI=1S/C28H34F2N8/c1-6-23(37-11-9-36(5)10-12-37)19-7-8-25(31-15-19)34-28-32-16-22(30)26(35-28)20-13-21(29)27-24(14-20)38(17(2)3)18(4)33-27/h7-8,13-17,23H,6,9-12H2,1-5H3,(H,31,32,34,35)/t23-/m0/s1. The average Bonchev–Trinajstić information content (AvgIpc) is 3.24. The summed E-state index contributed by atoms with van der Waals surface area (Å²) in [7, 11) is 2.15. The first kappa shape index (κ1) is 26.1. The highest BCUT2D eigenvalue weighted by Gasteiger charge is 2.23. The highest BCUT2D eigenvalue weighted by atomic mass is 19.1. The molecule has 0 amide bonds. The molecular formula is C28H34F2N8. The van der Waals surface area contributed by atoms with Crippen LogP contribution < -0.4 is 5.32 Å². The van der Waals surface area contributed by atoms with E-state index in [1.807, 2.05) is 37.6 Å². The van der Waals surface area contributed by atoms with Gasteiger partial charge in [0.1, 0.15) is 22.9 Å². The van der Waals surface area contributed by atoms with Gasteiger partial charge in [-0.1, -0.05) is 13.0 Å². The van der Waals surface area contributed by atoms with Gasteiger partial charge in [0.15, 0.2) is 11.6 Å². The van der Waals surface area contributed by atoms with Crippen molar-refractivity contribution in [1.82, 2.24) is 34.3 Å². The van der Waals surface area contributed by atoms with Crippen molar-refractivity contribution in [2.45, 2.75) is 46.2 Å². The van der Waals surface area contributed by atoms with Crippen molar-refractivity contribution in [3.8, 4) is 11.3 Å². The minimum atomic E-state index is -0.636. The van der Waals surface area contributed by atoms with Gasteiger partial charge >= 0.3 is 0 Å². The van der Waals surface area contributed by atoms with Crippen molar-refractivity contribution >= 4 is 22.8 Å². The third-order valence-electron chi connectivity index (χ3n) is 7.24. The van der Waals surface area contributed by atoms with Gasteiger partial charge < -0.3 is 14.8 Å². The van der Waals surface area contributed by atoms with Gasteiger partial charge in [0.05, 0.1) is 11.7 Å².